The van der Waals surface area contributed by atoms with Crippen LogP contribution in [0.4, 0.5) is 0 Å². The number of aliphatic hydroxyl groups is 1. The molecule has 0 aromatic carbocycles. The average Bonchev–Trinajstić information content (AvgIpc) is 2.62. The van der Waals surface area contributed by atoms with E-state index in [1.54, 1.807) is 6.08 Å². The van der Waals surface area contributed by atoms with E-state index in [4.69, 9.17) is 33.7 Å². The van der Waals surface area contributed by atoms with Crippen LogP contribution in [0.2, 0.25) is 0 Å². The average molecular weight is 410 g/mol. The highest BCUT2D eigenvalue weighted by atomic mass is 35.5. The second-order valence-electron chi connectivity index (χ2n) is 6.84. The van der Waals surface area contributed by atoms with Gasteiger partial charge in [-0.25, -0.2) is 4.79 Å². The number of nitrogens with two attached hydrogens (primary N) is 1. The quantitative estimate of drug-likeness (QED) is 0.148. The maximum Gasteiger partial charge on any atom is 0.339 e. The first-order valence-corrected chi connectivity index (χ1v) is 10.9. The minimum absolute atomic E-state index is 0.112. The van der Waals surface area contributed by atoms with Crippen LogP contribution in [0.15, 0.2) is 12.2 Å². The van der Waals surface area contributed by atoms with Crippen molar-refractivity contribution in [1.82, 2.24) is 0 Å². The minimum atomic E-state index is -1.23. The van der Waals surface area contributed by atoms with Gasteiger partial charge in [0.2, 0.25) is 4.84 Å². The molecule has 6 heteroatoms. The van der Waals surface area contributed by atoms with E-state index in [2.05, 4.69) is 6.92 Å². The van der Waals surface area contributed by atoms with E-state index >= 15 is 0 Å². The van der Waals surface area contributed by atoms with Crippen LogP contribution in [0.1, 0.15) is 84.0 Å². The molecule has 0 fully saturated rings. The van der Waals surface area contributed by atoms with Gasteiger partial charge in [-0.3, -0.25) is 0 Å². The van der Waals surface area contributed by atoms with Gasteiger partial charge in [0.1, 0.15) is 6.61 Å². The molecule has 0 aromatic heterocycles. The van der Waals surface area contributed by atoms with Gasteiger partial charge in [0.25, 0.3) is 0 Å². The fourth-order valence-corrected chi connectivity index (χ4v) is 2.77. The molecule has 0 aliphatic carbocycles. The third-order valence-electron chi connectivity index (χ3n) is 4.34. The second-order valence-corrected chi connectivity index (χ2v) is 7.93. The highest BCUT2D eigenvalue weighted by molar-refractivity contribution is 6.52. The van der Waals surface area contributed by atoms with Gasteiger partial charge in [-0.05, 0) is 12.8 Å². The molecule has 0 aliphatic heterocycles. The molecular formula is C20H37Cl2NO3. The molecule has 154 valence electrons. The Bertz CT molecular complexity index is 365. The van der Waals surface area contributed by atoms with Gasteiger partial charge in [0, 0.05) is 0 Å². The molecule has 26 heavy (non-hydrogen) atoms. The highest BCUT2D eigenvalue weighted by Gasteiger charge is 2.17. The number of allylic oxidation sites excluding steroid dienone is 1. The number of rotatable bonds is 17. The van der Waals surface area contributed by atoms with E-state index in [9.17, 15) is 9.90 Å². The van der Waals surface area contributed by atoms with Crippen molar-refractivity contribution in [3.8, 4) is 0 Å². The molecule has 0 aromatic rings. The Balaban J connectivity index is 3.49. The molecule has 0 aliphatic rings. The second kappa shape index (κ2) is 18.1. The van der Waals surface area contributed by atoms with Gasteiger partial charge in [-0.1, -0.05) is 106 Å². The number of carbonyl (C=O) groups is 1. The topological polar surface area (TPSA) is 72.6 Å². The predicted octanol–water partition coefficient (Wildman–Crippen LogP) is 5.28. The van der Waals surface area contributed by atoms with Crippen LogP contribution in [0, 0.1) is 0 Å². The Hall–Kier alpha value is -0.290. The highest BCUT2D eigenvalue weighted by Crippen LogP contribution is 2.12. The monoisotopic (exact) mass is 409 g/mol. The van der Waals surface area contributed by atoms with Crippen molar-refractivity contribution >= 4 is 29.2 Å². The SMILES string of the molecule is CCCCCCCCCCCCCC=CC(O)C(N)COC(=O)C(Cl)Cl. The number of ether oxygens (including phenoxy) is 1. The summed E-state index contributed by atoms with van der Waals surface area (Å²) in [5, 5.41) is 9.88. The Morgan fingerprint density at radius 1 is 1.00 bits per heavy atom. The Labute approximate surface area is 169 Å². The Morgan fingerprint density at radius 3 is 2.00 bits per heavy atom. The van der Waals surface area contributed by atoms with Gasteiger partial charge in [0.15, 0.2) is 0 Å². The van der Waals surface area contributed by atoms with Crippen molar-refractivity contribution in [3.63, 3.8) is 0 Å². The van der Waals surface area contributed by atoms with Crippen molar-refractivity contribution in [2.24, 2.45) is 5.73 Å². The van der Waals surface area contributed by atoms with Crippen LogP contribution >= 0.6 is 23.2 Å². The normalized spacial score (nSPS) is 14.1. The molecule has 0 amide bonds. The lowest BCUT2D eigenvalue weighted by molar-refractivity contribution is -0.142. The maximum absolute atomic E-state index is 11.1. The van der Waals surface area contributed by atoms with Crippen LogP contribution in [0.3, 0.4) is 0 Å². The fraction of sp³-hybridized carbons (Fsp3) is 0.850. The number of carbonyl (C=O) groups excluding carboxylic acids is 1. The zero-order valence-electron chi connectivity index (χ0n) is 16.2. The smallest absolute Gasteiger partial charge is 0.339 e. The molecule has 0 saturated carbocycles. The molecular weight excluding hydrogens is 373 g/mol. The molecule has 0 heterocycles. The summed E-state index contributed by atoms with van der Waals surface area (Å²) in [6.07, 6.45) is 18.2. The van der Waals surface area contributed by atoms with Crippen molar-refractivity contribution in [2.75, 3.05) is 6.61 Å². The number of halogens is 2. The number of alkyl halides is 2. The van der Waals surface area contributed by atoms with Crippen molar-refractivity contribution in [3.05, 3.63) is 12.2 Å². The van der Waals surface area contributed by atoms with Gasteiger partial charge in [-0.15, -0.1) is 0 Å². The zero-order chi connectivity index (χ0) is 19.6. The fourth-order valence-electron chi connectivity index (χ4n) is 2.64. The third kappa shape index (κ3) is 15.9. The van der Waals surface area contributed by atoms with E-state index in [1.165, 1.54) is 64.2 Å². The van der Waals surface area contributed by atoms with E-state index in [0.29, 0.717) is 0 Å². The number of hydrogen-bond donors (Lipinski definition) is 2. The lowest BCUT2D eigenvalue weighted by Gasteiger charge is -2.15. The van der Waals surface area contributed by atoms with Crippen LogP contribution in [0.25, 0.3) is 0 Å². The molecule has 2 unspecified atom stereocenters. The van der Waals surface area contributed by atoms with E-state index < -0.39 is 23.0 Å². The Kier molecular flexibility index (Phi) is 17.9. The molecule has 2 atom stereocenters. The van der Waals surface area contributed by atoms with Gasteiger partial charge in [0.05, 0.1) is 12.1 Å². The number of esters is 1. The van der Waals surface area contributed by atoms with Crippen LogP contribution in [-0.2, 0) is 9.53 Å². The molecule has 0 bridgehead atoms. The van der Waals surface area contributed by atoms with E-state index in [-0.39, 0.29) is 6.61 Å². The standard InChI is InChI=1S/C20H37Cl2NO3/c1-2-3-4-5-6-7-8-9-10-11-12-13-14-15-18(24)17(23)16-26-20(25)19(21)22/h14-15,17-19,24H,2-13,16,23H2,1H3. The van der Waals surface area contributed by atoms with Gasteiger partial charge >= 0.3 is 5.97 Å². The number of aliphatic hydroxyl groups excluding tert-OH is 1. The van der Waals surface area contributed by atoms with E-state index in [1.807, 2.05) is 6.08 Å². The largest absolute Gasteiger partial charge is 0.462 e. The molecule has 4 nitrogen and oxygen atoms in total. The molecule has 0 radical (unpaired) electrons. The summed E-state index contributed by atoms with van der Waals surface area (Å²) in [7, 11) is 0. The molecule has 3 N–H and O–H groups in total. The van der Waals surface area contributed by atoms with Crippen molar-refractivity contribution in [2.45, 2.75) is 101 Å². The maximum atomic E-state index is 11.1. The first-order valence-electron chi connectivity index (χ1n) is 10.0. The summed E-state index contributed by atoms with van der Waals surface area (Å²) >= 11 is 10.7. The van der Waals surface area contributed by atoms with Crippen LogP contribution in [-0.4, -0.2) is 34.7 Å². The molecule has 0 saturated heterocycles. The summed E-state index contributed by atoms with van der Waals surface area (Å²) in [5.74, 6) is -0.749. The van der Waals surface area contributed by atoms with Crippen LogP contribution in [0.5, 0.6) is 0 Å². The summed E-state index contributed by atoms with van der Waals surface area (Å²) in [6, 6.07) is -0.681. The van der Waals surface area contributed by atoms with Crippen molar-refractivity contribution in [1.29, 1.82) is 0 Å². The lowest BCUT2D eigenvalue weighted by Crippen LogP contribution is -2.38. The minimum Gasteiger partial charge on any atom is -0.462 e. The van der Waals surface area contributed by atoms with Gasteiger partial charge in [-0.2, -0.15) is 0 Å². The lowest BCUT2D eigenvalue weighted by atomic mass is 10.0. The third-order valence-corrected chi connectivity index (χ3v) is 4.70. The summed E-state index contributed by atoms with van der Waals surface area (Å²) < 4.78 is 4.78. The Morgan fingerprint density at radius 2 is 1.50 bits per heavy atom. The van der Waals surface area contributed by atoms with Gasteiger partial charge < -0.3 is 15.6 Å². The summed E-state index contributed by atoms with van der Waals surface area (Å²) in [4.78, 5) is 9.89. The molecule has 0 rings (SSSR count). The van der Waals surface area contributed by atoms with Crippen LogP contribution < -0.4 is 5.73 Å². The summed E-state index contributed by atoms with van der Waals surface area (Å²) in [5.41, 5.74) is 5.75. The predicted molar refractivity (Wildman–Crippen MR) is 111 cm³/mol. The summed E-state index contributed by atoms with van der Waals surface area (Å²) in [6.45, 7) is 2.14. The molecule has 0 spiro atoms. The van der Waals surface area contributed by atoms with Crippen molar-refractivity contribution < 1.29 is 14.6 Å². The zero-order valence-corrected chi connectivity index (χ0v) is 17.7. The number of unbranched alkanes of at least 4 members (excludes halogenated alkanes) is 11. The number of hydrogen-bond acceptors (Lipinski definition) is 4. The first kappa shape index (κ1) is 25.7. The first-order chi connectivity index (χ1) is 12.5. The van der Waals surface area contributed by atoms with E-state index in [0.717, 1.165) is 12.8 Å².